The number of rotatable bonds is 3. The summed E-state index contributed by atoms with van der Waals surface area (Å²) in [6.07, 6.45) is 0. The van der Waals surface area contributed by atoms with Crippen molar-refractivity contribution in [2.45, 2.75) is 0 Å². The summed E-state index contributed by atoms with van der Waals surface area (Å²) in [5, 5.41) is 22.1. The predicted octanol–water partition coefficient (Wildman–Crippen LogP) is 3.35. The van der Waals surface area contributed by atoms with E-state index in [0.29, 0.717) is 0 Å². The van der Waals surface area contributed by atoms with E-state index in [0.717, 1.165) is 18.2 Å². The normalized spacial score (nSPS) is 10.2. The Morgan fingerprint density at radius 2 is 2.05 bits per heavy atom. The van der Waals surface area contributed by atoms with Crippen LogP contribution in [-0.4, -0.2) is 15.9 Å². The molecule has 0 saturated heterocycles. The van der Waals surface area contributed by atoms with Crippen LogP contribution in [-0.2, 0) is 0 Å². The maximum atomic E-state index is 13.3. The van der Waals surface area contributed by atoms with Crippen molar-refractivity contribution in [2.24, 2.45) is 0 Å². The Hall–Kier alpha value is -2.67. The SMILES string of the molecule is O=C(Nc1ccc([N+](=O)[O-])cc1O)c1cccc(F)c1Cl. The minimum absolute atomic E-state index is 0.0501. The number of phenolic OH excluding ortho intramolecular Hbond substituents is 1. The molecular weight excluding hydrogens is 303 g/mol. The van der Waals surface area contributed by atoms with E-state index in [9.17, 15) is 24.4 Å². The van der Waals surface area contributed by atoms with Crippen LogP contribution in [0.5, 0.6) is 5.75 Å². The molecule has 0 heterocycles. The number of hydrogen-bond donors (Lipinski definition) is 2. The van der Waals surface area contributed by atoms with E-state index in [1.165, 1.54) is 18.2 Å². The topological polar surface area (TPSA) is 92.5 Å². The number of nitro benzene ring substituents is 1. The molecule has 108 valence electrons. The molecule has 6 nitrogen and oxygen atoms in total. The molecule has 21 heavy (non-hydrogen) atoms. The molecular formula is C13H8ClFN2O4. The first-order valence-electron chi connectivity index (χ1n) is 5.63. The number of benzene rings is 2. The van der Waals surface area contributed by atoms with Crippen LogP contribution in [0.2, 0.25) is 5.02 Å². The molecule has 0 unspecified atom stereocenters. The Morgan fingerprint density at radius 3 is 2.67 bits per heavy atom. The molecule has 0 aliphatic rings. The zero-order valence-electron chi connectivity index (χ0n) is 10.3. The van der Waals surface area contributed by atoms with E-state index in [-0.39, 0.29) is 22.0 Å². The number of carbonyl (C=O) groups excluding carboxylic acids is 1. The third kappa shape index (κ3) is 3.09. The van der Waals surface area contributed by atoms with E-state index >= 15 is 0 Å². The van der Waals surface area contributed by atoms with Gasteiger partial charge in [-0.1, -0.05) is 17.7 Å². The number of nitrogens with zero attached hydrogens (tertiary/aromatic N) is 1. The zero-order valence-corrected chi connectivity index (χ0v) is 11.1. The average Bonchev–Trinajstić information content (AvgIpc) is 2.43. The van der Waals surface area contributed by atoms with E-state index in [1.54, 1.807) is 0 Å². The van der Waals surface area contributed by atoms with Crippen LogP contribution >= 0.6 is 11.6 Å². The van der Waals surface area contributed by atoms with E-state index in [4.69, 9.17) is 11.6 Å². The Morgan fingerprint density at radius 1 is 1.33 bits per heavy atom. The number of halogens is 2. The number of nitrogens with one attached hydrogen (secondary N) is 1. The highest BCUT2D eigenvalue weighted by atomic mass is 35.5. The molecule has 0 fully saturated rings. The van der Waals surface area contributed by atoms with Crippen molar-refractivity contribution < 1.29 is 19.2 Å². The Kier molecular flexibility index (Phi) is 4.04. The lowest BCUT2D eigenvalue weighted by Crippen LogP contribution is -2.13. The lowest BCUT2D eigenvalue weighted by atomic mass is 10.2. The van der Waals surface area contributed by atoms with Crippen LogP contribution in [0.25, 0.3) is 0 Å². The number of phenols is 1. The average molecular weight is 311 g/mol. The quantitative estimate of drug-likeness (QED) is 0.516. The van der Waals surface area contributed by atoms with Crippen molar-refractivity contribution >= 4 is 28.9 Å². The van der Waals surface area contributed by atoms with Crippen molar-refractivity contribution in [3.8, 4) is 5.75 Å². The highest BCUT2D eigenvalue weighted by Gasteiger charge is 2.16. The van der Waals surface area contributed by atoms with Gasteiger partial charge in [0.2, 0.25) is 0 Å². The lowest BCUT2D eigenvalue weighted by molar-refractivity contribution is -0.384. The van der Waals surface area contributed by atoms with Crippen molar-refractivity contribution in [1.29, 1.82) is 0 Å². The largest absolute Gasteiger partial charge is 0.506 e. The standard InChI is InChI=1S/C13H8ClFN2O4/c14-12-8(2-1-3-9(12)15)13(19)16-10-5-4-7(17(20)21)6-11(10)18/h1-6,18H,(H,16,19). The van der Waals surface area contributed by atoms with Gasteiger partial charge in [-0.3, -0.25) is 14.9 Å². The van der Waals surface area contributed by atoms with E-state index in [1.807, 2.05) is 0 Å². The van der Waals surface area contributed by atoms with E-state index in [2.05, 4.69) is 5.32 Å². The van der Waals surface area contributed by atoms with Crippen LogP contribution in [0.15, 0.2) is 36.4 Å². The van der Waals surface area contributed by atoms with Gasteiger partial charge in [0.15, 0.2) is 0 Å². The summed E-state index contributed by atoms with van der Waals surface area (Å²) in [5.41, 5.74) is -0.491. The van der Waals surface area contributed by atoms with Gasteiger partial charge in [-0.2, -0.15) is 0 Å². The molecule has 0 aliphatic heterocycles. The molecule has 1 amide bonds. The molecule has 0 saturated carbocycles. The van der Waals surface area contributed by atoms with Gasteiger partial charge in [0.05, 0.1) is 27.3 Å². The minimum atomic E-state index is -0.753. The number of hydrogen-bond acceptors (Lipinski definition) is 4. The van der Waals surface area contributed by atoms with Crippen molar-refractivity contribution in [3.05, 3.63) is 62.9 Å². The van der Waals surface area contributed by atoms with Gasteiger partial charge >= 0.3 is 0 Å². The molecule has 0 spiro atoms. The van der Waals surface area contributed by atoms with Crippen LogP contribution < -0.4 is 5.32 Å². The van der Waals surface area contributed by atoms with Crippen LogP contribution in [0.4, 0.5) is 15.8 Å². The van der Waals surface area contributed by atoms with Gasteiger partial charge in [0, 0.05) is 6.07 Å². The summed E-state index contributed by atoms with van der Waals surface area (Å²) >= 11 is 5.67. The first-order chi connectivity index (χ1) is 9.90. The fourth-order valence-electron chi connectivity index (χ4n) is 1.61. The molecule has 0 aliphatic carbocycles. The molecule has 2 aromatic rings. The van der Waals surface area contributed by atoms with Gasteiger partial charge in [0.25, 0.3) is 11.6 Å². The van der Waals surface area contributed by atoms with Crippen molar-refractivity contribution in [2.75, 3.05) is 5.32 Å². The summed E-state index contributed by atoms with van der Waals surface area (Å²) < 4.78 is 13.3. The fourth-order valence-corrected chi connectivity index (χ4v) is 1.82. The van der Waals surface area contributed by atoms with E-state index < -0.39 is 22.4 Å². The molecule has 0 atom stereocenters. The van der Waals surface area contributed by atoms with Crippen molar-refractivity contribution in [3.63, 3.8) is 0 Å². The molecule has 2 aromatic carbocycles. The zero-order chi connectivity index (χ0) is 15.6. The predicted molar refractivity (Wildman–Crippen MR) is 74.1 cm³/mol. The summed E-state index contributed by atoms with van der Waals surface area (Å²) in [7, 11) is 0. The Balaban J connectivity index is 2.28. The number of amides is 1. The number of carbonyl (C=O) groups is 1. The second-order valence-corrected chi connectivity index (χ2v) is 4.39. The van der Waals surface area contributed by atoms with Crippen LogP contribution in [0.3, 0.4) is 0 Å². The second kappa shape index (κ2) is 5.76. The van der Waals surface area contributed by atoms with Gasteiger partial charge in [-0.05, 0) is 18.2 Å². The first-order valence-corrected chi connectivity index (χ1v) is 6.00. The molecule has 0 radical (unpaired) electrons. The third-order valence-corrected chi connectivity index (χ3v) is 3.02. The van der Waals surface area contributed by atoms with Gasteiger partial charge in [-0.25, -0.2) is 4.39 Å². The maximum absolute atomic E-state index is 13.3. The maximum Gasteiger partial charge on any atom is 0.273 e. The molecule has 2 N–H and O–H groups in total. The number of anilines is 1. The summed E-state index contributed by atoms with van der Waals surface area (Å²) in [6.45, 7) is 0. The molecule has 2 rings (SSSR count). The molecule has 0 aromatic heterocycles. The van der Waals surface area contributed by atoms with Gasteiger partial charge in [-0.15, -0.1) is 0 Å². The number of nitro groups is 1. The number of non-ortho nitro benzene ring substituents is 1. The highest BCUT2D eigenvalue weighted by molar-refractivity contribution is 6.34. The summed E-state index contributed by atoms with van der Waals surface area (Å²) in [4.78, 5) is 21.8. The van der Waals surface area contributed by atoms with Gasteiger partial charge < -0.3 is 10.4 Å². The smallest absolute Gasteiger partial charge is 0.273 e. The number of aromatic hydroxyl groups is 1. The van der Waals surface area contributed by atoms with Gasteiger partial charge in [0.1, 0.15) is 11.6 Å². The third-order valence-electron chi connectivity index (χ3n) is 2.64. The fraction of sp³-hybridized carbons (Fsp3) is 0. The highest BCUT2D eigenvalue weighted by Crippen LogP contribution is 2.29. The summed E-state index contributed by atoms with van der Waals surface area (Å²) in [5.74, 6) is -1.98. The lowest BCUT2D eigenvalue weighted by Gasteiger charge is -2.08. The minimum Gasteiger partial charge on any atom is -0.506 e. The van der Waals surface area contributed by atoms with Crippen molar-refractivity contribution in [1.82, 2.24) is 0 Å². The van der Waals surface area contributed by atoms with Crippen LogP contribution in [0, 0.1) is 15.9 Å². The monoisotopic (exact) mass is 310 g/mol. The summed E-state index contributed by atoms with van der Waals surface area (Å²) in [6, 6.07) is 6.89. The molecule has 0 bridgehead atoms. The Bertz CT molecular complexity index is 736. The second-order valence-electron chi connectivity index (χ2n) is 4.01. The van der Waals surface area contributed by atoms with Crippen LogP contribution in [0.1, 0.15) is 10.4 Å². The Labute approximate surface area is 122 Å². The molecule has 8 heteroatoms. The first kappa shape index (κ1) is 14.7.